The number of benzene rings is 2. The number of hydrogen-bond acceptors (Lipinski definition) is 6. The van der Waals surface area contributed by atoms with Crippen LogP contribution in [-0.4, -0.2) is 46.9 Å². The number of nitro benzene ring substituents is 1. The average molecular weight is 471 g/mol. The number of anilines is 3. The van der Waals surface area contributed by atoms with Gasteiger partial charge in [-0.2, -0.15) is 13.2 Å². The number of carbonyl (C=O) groups is 1. The van der Waals surface area contributed by atoms with E-state index in [1.807, 2.05) is 6.07 Å². The molecule has 0 saturated carbocycles. The Hall–Kier alpha value is -4.15. The average Bonchev–Trinajstić information content (AvgIpc) is 2.84. The fourth-order valence-corrected chi connectivity index (χ4v) is 3.66. The largest absolute Gasteiger partial charge is 0.417 e. The summed E-state index contributed by atoms with van der Waals surface area (Å²) in [6.07, 6.45) is -3.66. The van der Waals surface area contributed by atoms with Crippen LogP contribution < -0.4 is 10.2 Å². The molecule has 0 unspecified atom stereocenters. The molecule has 0 bridgehead atoms. The summed E-state index contributed by atoms with van der Waals surface area (Å²) in [7, 11) is 0. The van der Waals surface area contributed by atoms with Crippen molar-refractivity contribution in [1.82, 2.24) is 9.88 Å². The number of piperazine rings is 1. The second-order valence-electron chi connectivity index (χ2n) is 7.66. The normalized spacial score (nSPS) is 14.1. The number of nitrogens with one attached hydrogen (secondary N) is 1. The number of aromatic nitrogens is 1. The molecule has 4 rings (SSSR count). The first-order valence-electron chi connectivity index (χ1n) is 10.4. The van der Waals surface area contributed by atoms with Crippen LogP contribution in [0.1, 0.15) is 15.9 Å². The van der Waals surface area contributed by atoms with Crippen molar-refractivity contribution in [3.8, 4) is 0 Å². The van der Waals surface area contributed by atoms with Gasteiger partial charge >= 0.3 is 6.18 Å². The summed E-state index contributed by atoms with van der Waals surface area (Å²) >= 11 is 0. The quantitative estimate of drug-likeness (QED) is 0.428. The third-order valence-corrected chi connectivity index (χ3v) is 5.46. The molecule has 1 amide bonds. The molecular weight excluding hydrogens is 451 g/mol. The maximum Gasteiger partial charge on any atom is 0.417 e. The Labute approximate surface area is 192 Å². The van der Waals surface area contributed by atoms with E-state index in [1.165, 1.54) is 24.3 Å². The van der Waals surface area contributed by atoms with Gasteiger partial charge in [-0.1, -0.05) is 18.2 Å². The van der Waals surface area contributed by atoms with Gasteiger partial charge in [0, 0.05) is 49.7 Å². The lowest BCUT2D eigenvalue weighted by atomic mass is 10.1. The molecule has 0 aliphatic carbocycles. The molecule has 8 nitrogen and oxygen atoms in total. The van der Waals surface area contributed by atoms with E-state index < -0.39 is 16.7 Å². The van der Waals surface area contributed by atoms with Gasteiger partial charge in [0.1, 0.15) is 11.5 Å². The van der Waals surface area contributed by atoms with Gasteiger partial charge in [0.2, 0.25) is 0 Å². The van der Waals surface area contributed by atoms with Gasteiger partial charge in [-0.25, -0.2) is 4.98 Å². The van der Waals surface area contributed by atoms with Crippen LogP contribution in [0, 0.1) is 10.1 Å². The van der Waals surface area contributed by atoms with Crippen LogP contribution in [0.15, 0.2) is 66.9 Å². The van der Waals surface area contributed by atoms with Crippen molar-refractivity contribution in [3.05, 3.63) is 88.1 Å². The third-order valence-electron chi connectivity index (χ3n) is 5.46. The number of pyridine rings is 1. The predicted octanol–water partition coefficient (Wildman–Crippen LogP) is 4.71. The Kier molecular flexibility index (Phi) is 6.35. The molecule has 0 atom stereocenters. The van der Waals surface area contributed by atoms with Crippen molar-refractivity contribution in [2.24, 2.45) is 0 Å². The smallest absolute Gasteiger partial charge is 0.353 e. The summed E-state index contributed by atoms with van der Waals surface area (Å²) < 4.78 is 38.2. The highest BCUT2D eigenvalue weighted by molar-refractivity contribution is 5.96. The second kappa shape index (κ2) is 9.38. The van der Waals surface area contributed by atoms with Crippen molar-refractivity contribution >= 4 is 28.8 Å². The van der Waals surface area contributed by atoms with Gasteiger partial charge in [0.25, 0.3) is 11.6 Å². The topological polar surface area (TPSA) is 91.6 Å². The van der Waals surface area contributed by atoms with Gasteiger partial charge in [-0.05, 0) is 36.4 Å². The molecule has 3 aromatic rings. The van der Waals surface area contributed by atoms with E-state index in [0.29, 0.717) is 37.7 Å². The summed E-state index contributed by atoms with van der Waals surface area (Å²) in [5, 5.41) is 14.6. The highest BCUT2D eigenvalue weighted by atomic mass is 19.4. The van der Waals surface area contributed by atoms with E-state index in [4.69, 9.17) is 0 Å². The predicted molar refractivity (Wildman–Crippen MR) is 120 cm³/mol. The van der Waals surface area contributed by atoms with Crippen LogP contribution in [0.5, 0.6) is 0 Å². The van der Waals surface area contributed by atoms with Gasteiger partial charge in [0.05, 0.1) is 10.5 Å². The number of halogens is 3. The van der Waals surface area contributed by atoms with E-state index in [1.54, 1.807) is 34.1 Å². The Bertz CT molecular complexity index is 1180. The van der Waals surface area contributed by atoms with Crippen molar-refractivity contribution in [1.29, 1.82) is 0 Å². The lowest BCUT2D eigenvalue weighted by Gasteiger charge is -2.35. The maximum absolute atomic E-state index is 13.0. The summed E-state index contributed by atoms with van der Waals surface area (Å²) in [4.78, 5) is 31.3. The zero-order chi connectivity index (χ0) is 24.3. The van der Waals surface area contributed by atoms with Crippen LogP contribution in [0.4, 0.5) is 36.1 Å². The number of nitrogens with zero attached hydrogens (tertiary/aromatic N) is 4. The number of rotatable bonds is 5. The number of nitro groups is 1. The fraction of sp³-hybridized carbons (Fsp3) is 0.217. The van der Waals surface area contributed by atoms with Gasteiger partial charge in [-0.3, -0.25) is 14.9 Å². The molecule has 0 radical (unpaired) electrons. The molecular formula is C23H20F3N5O3. The van der Waals surface area contributed by atoms with E-state index in [2.05, 4.69) is 10.3 Å². The summed E-state index contributed by atoms with van der Waals surface area (Å²) in [6.45, 7) is 1.36. The standard InChI is InChI=1S/C23H20F3N5O3/c24-23(25,26)17-7-9-21(27-15-17)29-10-12-30(13-11-29)22(32)16-6-8-19(20(14-16)31(33)34)28-18-4-2-1-3-5-18/h1-9,14-15,28H,10-13H2. The Morgan fingerprint density at radius 1 is 1.00 bits per heavy atom. The lowest BCUT2D eigenvalue weighted by Crippen LogP contribution is -2.49. The van der Waals surface area contributed by atoms with Crippen LogP contribution in [0.2, 0.25) is 0 Å². The zero-order valence-corrected chi connectivity index (χ0v) is 17.8. The fourth-order valence-electron chi connectivity index (χ4n) is 3.66. The summed E-state index contributed by atoms with van der Waals surface area (Å²) in [5.41, 5.74) is 0.0918. The molecule has 176 valence electrons. The van der Waals surface area contributed by atoms with E-state index in [-0.39, 0.29) is 22.8 Å². The number of amides is 1. The van der Waals surface area contributed by atoms with Crippen molar-refractivity contribution < 1.29 is 22.9 Å². The minimum absolute atomic E-state index is 0.186. The van der Waals surface area contributed by atoms with Crippen molar-refractivity contribution in [2.75, 3.05) is 36.4 Å². The van der Waals surface area contributed by atoms with Crippen molar-refractivity contribution in [3.63, 3.8) is 0 Å². The first-order valence-corrected chi connectivity index (χ1v) is 10.4. The van der Waals surface area contributed by atoms with Gasteiger partial charge in [0.15, 0.2) is 0 Å². The Balaban J connectivity index is 1.43. The molecule has 11 heteroatoms. The third kappa shape index (κ3) is 5.08. The monoisotopic (exact) mass is 471 g/mol. The number of para-hydroxylation sites is 1. The lowest BCUT2D eigenvalue weighted by molar-refractivity contribution is -0.383. The molecule has 0 spiro atoms. The molecule has 2 heterocycles. The van der Waals surface area contributed by atoms with Gasteiger partial charge < -0.3 is 15.1 Å². The van der Waals surface area contributed by atoms with Crippen molar-refractivity contribution in [2.45, 2.75) is 6.18 Å². The number of alkyl halides is 3. The number of hydrogen-bond donors (Lipinski definition) is 1. The molecule has 2 aromatic carbocycles. The molecule has 34 heavy (non-hydrogen) atoms. The van der Waals surface area contributed by atoms with Crippen LogP contribution >= 0.6 is 0 Å². The molecule has 1 fully saturated rings. The molecule has 1 aliphatic rings. The zero-order valence-electron chi connectivity index (χ0n) is 17.8. The molecule has 1 N–H and O–H groups in total. The summed E-state index contributed by atoms with van der Waals surface area (Å²) in [6, 6.07) is 15.5. The first-order chi connectivity index (χ1) is 16.2. The Morgan fingerprint density at radius 2 is 1.71 bits per heavy atom. The van der Waals surface area contributed by atoms with Crippen LogP contribution in [0.25, 0.3) is 0 Å². The molecule has 1 aliphatic heterocycles. The number of carbonyl (C=O) groups excluding carboxylic acids is 1. The maximum atomic E-state index is 13.0. The molecule has 1 saturated heterocycles. The van der Waals surface area contributed by atoms with Crippen LogP contribution in [-0.2, 0) is 6.18 Å². The first kappa shape index (κ1) is 23.0. The van der Waals surface area contributed by atoms with Gasteiger partial charge in [-0.15, -0.1) is 0 Å². The minimum atomic E-state index is -4.45. The highest BCUT2D eigenvalue weighted by Gasteiger charge is 2.31. The Morgan fingerprint density at radius 3 is 2.29 bits per heavy atom. The minimum Gasteiger partial charge on any atom is -0.353 e. The SMILES string of the molecule is O=C(c1ccc(Nc2ccccc2)c([N+](=O)[O-])c1)N1CCN(c2ccc(C(F)(F)F)cn2)CC1. The second-order valence-corrected chi connectivity index (χ2v) is 7.66. The van der Waals surface area contributed by atoms with E-state index >= 15 is 0 Å². The molecule has 1 aromatic heterocycles. The van der Waals surface area contributed by atoms with E-state index in [9.17, 15) is 28.1 Å². The highest BCUT2D eigenvalue weighted by Crippen LogP contribution is 2.31. The van der Waals surface area contributed by atoms with E-state index in [0.717, 1.165) is 12.3 Å². The van der Waals surface area contributed by atoms with Crippen LogP contribution in [0.3, 0.4) is 0 Å². The summed E-state index contributed by atoms with van der Waals surface area (Å²) in [5.74, 6) is 0.0430.